The number of allylic oxidation sites excluding steroid dienone is 2. The van der Waals surface area contributed by atoms with Gasteiger partial charge in [0.25, 0.3) is 0 Å². The van der Waals surface area contributed by atoms with Gasteiger partial charge < -0.3 is 14.2 Å². The topological polar surface area (TPSA) is 113 Å². The van der Waals surface area contributed by atoms with Crippen LogP contribution in [0.2, 0.25) is 0 Å². The predicted octanol–water partition coefficient (Wildman–Crippen LogP) is 3.28. The van der Waals surface area contributed by atoms with Crippen molar-refractivity contribution in [3.8, 4) is 0 Å². The Morgan fingerprint density at radius 3 is 2.03 bits per heavy atom. The Labute approximate surface area is 202 Å². The summed E-state index contributed by atoms with van der Waals surface area (Å²) >= 11 is 1.27. The molecule has 8 nitrogen and oxygen atoms in total. The number of benzene rings is 1. The molecule has 0 spiro atoms. The van der Waals surface area contributed by atoms with Crippen LogP contribution in [0.1, 0.15) is 40.0 Å². The van der Waals surface area contributed by atoms with Crippen LogP contribution in [0.4, 0.5) is 0 Å². The Bertz CT molecular complexity index is 997. The molecule has 9 heteroatoms. The van der Waals surface area contributed by atoms with Crippen molar-refractivity contribution in [2.75, 3.05) is 19.8 Å². The van der Waals surface area contributed by atoms with E-state index in [2.05, 4.69) is 0 Å². The van der Waals surface area contributed by atoms with Gasteiger partial charge in [-0.05, 0) is 56.7 Å². The highest BCUT2D eigenvalue weighted by molar-refractivity contribution is 8.03. The van der Waals surface area contributed by atoms with E-state index in [1.165, 1.54) is 17.8 Å². The van der Waals surface area contributed by atoms with Crippen molar-refractivity contribution in [3.05, 3.63) is 41.3 Å². The standard InChI is InChI=1S/C25H28O8S/c1-4-31-21(28)24(22(29)32-5-2)13-12-19(26)25(23(30)33-6-3)18(24)14-17(15-20(25)27)34-16-10-8-7-9-11-16/h7-11,15,18H,4-6,12-14H2,1-3H3/t18-,25+/m1/s1. The molecule has 0 unspecified atom stereocenters. The van der Waals surface area contributed by atoms with Crippen LogP contribution >= 0.6 is 11.8 Å². The van der Waals surface area contributed by atoms with Crippen molar-refractivity contribution in [3.63, 3.8) is 0 Å². The van der Waals surface area contributed by atoms with Crippen LogP contribution in [0.15, 0.2) is 46.2 Å². The van der Waals surface area contributed by atoms with E-state index in [1.807, 2.05) is 30.3 Å². The smallest absolute Gasteiger partial charge is 0.328 e. The van der Waals surface area contributed by atoms with Gasteiger partial charge in [0.2, 0.25) is 0 Å². The summed E-state index contributed by atoms with van der Waals surface area (Å²) in [4.78, 5) is 68.3. The van der Waals surface area contributed by atoms with Crippen molar-refractivity contribution >= 4 is 41.2 Å². The van der Waals surface area contributed by atoms with Gasteiger partial charge in [-0.15, -0.1) is 0 Å². The second-order valence-corrected chi connectivity index (χ2v) is 9.21. The molecule has 1 aromatic carbocycles. The van der Waals surface area contributed by atoms with Gasteiger partial charge in [0.1, 0.15) is 0 Å². The number of hydrogen-bond donors (Lipinski definition) is 0. The Morgan fingerprint density at radius 1 is 0.912 bits per heavy atom. The van der Waals surface area contributed by atoms with Gasteiger partial charge in [0.05, 0.1) is 19.8 Å². The first-order valence-electron chi connectivity index (χ1n) is 11.3. The number of thioether (sulfide) groups is 1. The van der Waals surface area contributed by atoms with Crippen LogP contribution in [-0.4, -0.2) is 49.3 Å². The molecule has 0 amide bonds. The molecule has 0 radical (unpaired) electrons. The van der Waals surface area contributed by atoms with Crippen LogP contribution in [0.3, 0.4) is 0 Å². The molecule has 3 rings (SSSR count). The third kappa shape index (κ3) is 4.17. The van der Waals surface area contributed by atoms with Gasteiger partial charge >= 0.3 is 17.9 Å². The zero-order valence-corrected chi connectivity index (χ0v) is 20.3. The van der Waals surface area contributed by atoms with E-state index in [9.17, 15) is 24.0 Å². The van der Waals surface area contributed by atoms with Crippen LogP contribution in [0, 0.1) is 16.7 Å². The number of carbonyl (C=O) groups is 5. The largest absolute Gasteiger partial charge is 0.465 e. The van der Waals surface area contributed by atoms with Gasteiger partial charge in [0, 0.05) is 17.2 Å². The minimum Gasteiger partial charge on any atom is -0.465 e. The maximum atomic E-state index is 13.6. The second kappa shape index (κ2) is 10.5. The quantitative estimate of drug-likeness (QED) is 0.309. The number of Topliss-reactive ketones (excluding diaryl/α,β-unsaturated/α-hetero) is 1. The lowest BCUT2D eigenvalue weighted by molar-refractivity contribution is -0.192. The first-order valence-corrected chi connectivity index (χ1v) is 12.1. The number of ketones is 2. The number of ether oxygens (including phenoxy) is 3. The molecule has 0 N–H and O–H groups in total. The van der Waals surface area contributed by atoms with E-state index in [0.717, 1.165) is 4.90 Å². The van der Waals surface area contributed by atoms with Crippen molar-refractivity contribution in [1.82, 2.24) is 0 Å². The maximum Gasteiger partial charge on any atom is 0.328 e. The highest BCUT2D eigenvalue weighted by Gasteiger charge is 2.73. The molecule has 0 bridgehead atoms. The molecule has 2 aliphatic carbocycles. The highest BCUT2D eigenvalue weighted by atomic mass is 32.2. The third-order valence-corrected chi connectivity index (χ3v) is 7.31. The lowest BCUT2D eigenvalue weighted by Gasteiger charge is -2.49. The van der Waals surface area contributed by atoms with E-state index in [-0.39, 0.29) is 39.1 Å². The second-order valence-electron chi connectivity index (χ2n) is 8.01. The van der Waals surface area contributed by atoms with Crippen LogP contribution in [0.25, 0.3) is 0 Å². The summed E-state index contributed by atoms with van der Waals surface area (Å²) < 4.78 is 15.7. The van der Waals surface area contributed by atoms with E-state index >= 15 is 0 Å². The van der Waals surface area contributed by atoms with E-state index in [1.54, 1.807) is 20.8 Å². The van der Waals surface area contributed by atoms with Gasteiger partial charge in [-0.1, -0.05) is 30.0 Å². The Balaban J connectivity index is 2.22. The van der Waals surface area contributed by atoms with Crippen molar-refractivity contribution in [2.45, 2.75) is 44.9 Å². The average Bonchev–Trinajstić information content (AvgIpc) is 2.80. The Morgan fingerprint density at radius 2 is 1.47 bits per heavy atom. The van der Waals surface area contributed by atoms with Crippen molar-refractivity contribution < 1.29 is 38.2 Å². The van der Waals surface area contributed by atoms with Crippen LogP contribution < -0.4 is 0 Å². The van der Waals surface area contributed by atoms with Crippen LogP contribution in [0.5, 0.6) is 0 Å². The summed E-state index contributed by atoms with van der Waals surface area (Å²) in [5, 5.41) is 0. The summed E-state index contributed by atoms with van der Waals surface area (Å²) in [5.41, 5.74) is -4.31. The number of hydrogen-bond acceptors (Lipinski definition) is 9. The van der Waals surface area contributed by atoms with E-state index in [0.29, 0.717) is 4.91 Å². The monoisotopic (exact) mass is 488 g/mol. The number of carbonyl (C=O) groups excluding carboxylic acids is 5. The molecule has 1 fully saturated rings. The fourth-order valence-corrected chi connectivity index (χ4v) is 5.82. The molecule has 1 saturated carbocycles. The molecule has 2 aliphatic rings. The SMILES string of the molecule is CCOC(=O)C1(C(=O)OCC)CCC(=O)[C@]2(C(=O)OCC)C(=O)C=C(Sc3ccccc3)C[C@H]12. The normalized spacial score (nSPS) is 23.4. The first kappa shape index (κ1) is 25.7. The molecule has 0 aliphatic heterocycles. The minimum absolute atomic E-state index is 0.0253. The molecule has 2 atom stereocenters. The molecular formula is C25H28O8S. The maximum absolute atomic E-state index is 13.6. The fourth-order valence-electron chi connectivity index (χ4n) is 4.81. The van der Waals surface area contributed by atoms with E-state index < -0.39 is 46.2 Å². The van der Waals surface area contributed by atoms with E-state index in [4.69, 9.17) is 14.2 Å². The summed E-state index contributed by atoms with van der Waals surface area (Å²) in [5.74, 6) is -5.64. The average molecular weight is 489 g/mol. The van der Waals surface area contributed by atoms with Gasteiger partial charge in [0.15, 0.2) is 22.4 Å². The third-order valence-electron chi connectivity index (χ3n) is 6.26. The zero-order valence-electron chi connectivity index (χ0n) is 19.5. The predicted molar refractivity (Wildman–Crippen MR) is 123 cm³/mol. The summed E-state index contributed by atoms with van der Waals surface area (Å²) in [6.07, 6.45) is 0.655. The highest BCUT2D eigenvalue weighted by Crippen LogP contribution is 2.58. The summed E-state index contributed by atoms with van der Waals surface area (Å²) in [6, 6.07) is 9.21. The summed E-state index contributed by atoms with van der Waals surface area (Å²) in [6.45, 7) is 4.61. The van der Waals surface area contributed by atoms with Gasteiger partial charge in [-0.3, -0.25) is 24.0 Å². The molecule has 0 saturated heterocycles. The first-order chi connectivity index (χ1) is 16.3. The molecule has 1 aromatic rings. The minimum atomic E-state index is -2.31. The molecule has 182 valence electrons. The molecule has 0 heterocycles. The van der Waals surface area contributed by atoms with Gasteiger partial charge in [-0.2, -0.15) is 0 Å². The molecule has 0 aromatic heterocycles. The zero-order chi connectivity index (χ0) is 24.9. The van der Waals surface area contributed by atoms with Gasteiger partial charge in [-0.25, -0.2) is 0 Å². The Kier molecular flexibility index (Phi) is 7.97. The Hall–Kier alpha value is -2.94. The number of rotatable bonds is 8. The summed E-state index contributed by atoms with van der Waals surface area (Å²) in [7, 11) is 0. The number of fused-ring (bicyclic) bond motifs is 1. The number of esters is 3. The van der Waals surface area contributed by atoms with Crippen LogP contribution in [-0.2, 0) is 38.2 Å². The van der Waals surface area contributed by atoms with Crippen molar-refractivity contribution in [1.29, 1.82) is 0 Å². The lowest BCUT2D eigenvalue weighted by Crippen LogP contribution is -2.66. The molecular weight excluding hydrogens is 460 g/mol. The lowest BCUT2D eigenvalue weighted by atomic mass is 9.49. The fraction of sp³-hybridized carbons (Fsp3) is 0.480. The molecule has 34 heavy (non-hydrogen) atoms. The van der Waals surface area contributed by atoms with Crippen molar-refractivity contribution in [2.24, 2.45) is 16.7 Å².